The van der Waals surface area contributed by atoms with Gasteiger partial charge in [0.2, 0.25) is 0 Å². The number of benzene rings is 1. The van der Waals surface area contributed by atoms with E-state index in [-0.39, 0.29) is 12.1 Å². The summed E-state index contributed by atoms with van der Waals surface area (Å²) in [5.74, 6) is 0.403. The third-order valence-electron chi connectivity index (χ3n) is 4.79. The van der Waals surface area contributed by atoms with Crippen LogP contribution in [-0.4, -0.2) is 42.3 Å². The third-order valence-corrected chi connectivity index (χ3v) is 4.79. The summed E-state index contributed by atoms with van der Waals surface area (Å²) in [5.41, 5.74) is 2.41. The molecule has 1 aliphatic carbocycles. The lowest BCUT2D eigenvalue weighted by Crippen LogP contribution is -2.57. The Hall–Kier alpha value is -1.55. The second-order valence-electron chi connectivity index (χ2n) is 7.64. The average Bonchev–Trinajstić information content (AvgIpc) is 2.53. The Bertz CT molecular complexity index is 565. The van der Waals surface area contributed by atoms with Crippen molar-refractivity contribution in [3.8, 4) is 0 Å². The standard InChI is InChI=1S/C19H28N2O2/c1-19(2,3)23-18(22)21-12-11-20-13-17(21)16-10-6-8-14-7-4-5-9-15(14)16/h4-5,7,9,16-17,20H,6,8,10-13H2,1-3H3. The van der Waals surface area contributed by atoms with Crippen LogP contribution < -0.4 is 5.32 Å². The summed E-state index contributed by atoms with van der Waals surface area (Å²) in [4.78, 5) is 14.6. The molecule has 0 bridgehead atoms. The fraction of sp³-hybridized carbons (Fsp3) is 0.632. The molecule has 2 aliphatic rings. The molecule has 23 heavy (non-hydrogen) atoms. The van der Waals surface area contributed by atoms with E-state index in [4.69, 9.17) is 4.74 Å². The summed E-state index contributed by atoms with van der Waals surface area (Å²) in [7, 11) is 0. The molecule has 1 fully saturated rings. The fourth-order valence-electron chi connectivity index (χ4n) is 3.82. The Balaban J connectivity index is 1.84. The largest absolute Gasteiger partial charge is 0.444 e. The maximum absolute atomic E-state index is 12.7. The molecule has 1 amide bonds. The quantitative estimate of drug-likeness (QED) is 0.864. The highest BCUT2D eigenvalue weighted by molar-refractivity contribution is 5.69. The van der Waals surface area contributed by atoms with E-state index in [2.05, 4.69) is 29.6 Å². The van der Waals surface area contributed by atoms with Crippen LogP contribution >= 0.6 is 0 Å². The van der Waals surface area contributed by atoms with Crippen LogP contribution in [0.1, 0.15) is 50.7 Å². The first-order valence-corrected chi connectivity index (χ1v) is 8.74. The number of fused-ring (bicyclic) bond motifs is 1. The van der Waals surface area contributed by atoms with Crippen LogP contribution in [0.5, 0.6) is 0 Å². The number of carbonyl (C=O) groups excluding carboxylic acids is 1. The van der Waals surface area contributed by atoms with Gasteiger partial charge in [-0.2, -0.15) is 0 Å². The van der Waals surface area contributed by atoms with Gasteiger partial charge < -0.3 is 15.0 Å². The molecule has 4 heteroatoms. The maximum atomic E-state index is 12.7. The van der Waals surface area contributed by atoms with Gasteiger partial charge in [0.25, 0.3) is 0 Å². The molecule has 0 saturated carbocycles. The van der Waals surface area contributed by atoms with E-state index < -0.39 is 5.60 Å². The van der Waals surface area contributed by atoms with E-state index >= 15 is 0 Å². The molecule has 1 aromatic carbocycles. The topological polar surface area (TPSA) is 41.6 Å². The Morgan fingerprint density at radius 1 is 1.30 bits per heavy atom. The lowest BCUT2D eigenvalue weighted by Gasteiger charge is -2.43. The van der Waals surface area contributed by atoms with Gasteiger partial charge in [-0.05, 0) is 51.2 Å². The predicted molar refractivity (Wildman–Crippen MR) is 91.7 cm³/mol. The van der Waals surface area contributed by atoms with Crippen molar-refractivity contribution in [2.75, 3.05) is 19.6 Å². The summed E-state index contributed by atoms with van der Waals surface area (Å²) in [5, 5.41) is 3.46. The molecule has 0 radical (unpaired) electrons. The van der Waals surface area contributed by atoms with Gasteiger partial charge in [-0.15, -0.1) is 0 Å². The number of nitrogens with one attached hydrogen (secondary N) is 1. The number of hydrogen-bond donors (Lipinski definition) is 1. The van der Waals surface area contributed by atoms with E-state index in [9.17, 15) is 4.79 Å². The van der Waals surface area contributed by atoms with Gasteiger partial charge in [0.1, 0.15) is 5.60 Å². The first-order valence-electron chi connectivity index (χ1n) is 8.74. The first kappa shape index (κ1) is 16.3. The summed E-state index contributed by atoms with van der Waals surface area (Å²) in [6, 6.07) is 8.88. The Morgan fingerprint density at radius 2 is 2.09 bits per heavy atom. The molecule has 1 heterocycles. The molecular weight excluding hydrogens is 288 g/mol. The Morgan fingerprint density at radius 3 is 2.87 bits per heavy atom. The van der Waals surface area contributed by atoms with E-state index in [0.29, 0.717) is 5.92 Å². The second kappa shape index (κ2) is 6.52. The van der Waals surface area contributed by atoms with Crippen LogP contribution in [0.15, 0.2) is 24.3 Å². The molecule has 2 unspecified atom stereocenters. The lowest BCUT2D eigenvalue weighted by molar-refractivity contribution is 0.00807. The van der Waals surface area contributed by atoms with Gasteiger partial charge in [-0.1, -0.05) is 24.3 Å². The SMILES string of the molecule is CC(C)(C)OC(=O)N1CCNCC1C1CCCc2ccccc21. The van der Waals surface area contributed by atoms with Gasteiger partial charge in [0.15, 0.2) is 0 Å². The number of nitrogens with zero attached hydrogens (tertiary/aromatic N) is 1. The molecule has 126 valence electrons. The normalized spacial score (nSPS) is 24.9. The molecule has 0 spiro atoms. The molecule has 1 aromatic rings. The predicted octanol–water partition coefficient (Wildman–Crippen LogP) is 3.32. The van der Waals surface area contributed by atoms with Gasteiger partial charge in [0, 0.05) is 25.6 Å². The van der Waals surface area contributed by atoms with Crippen LogP contribution in [-0.2, 0) is 11.2 Å². The van der Waals surface area contributed by atoms with Crippen LogP contribution in [0, 0.1) is 0 Å². The number of carbonyl (C=O) groups is 1. The molecule has 0 aromatic heterocycles. The van der Waals surface area contributed by atoms with Crippen molar-refractivity contribution in [3.63, 3.8) is 0 Å². The lowest BCUT2D eigenvalue weighted by atomic mass is 9.78. The molecule has 2 atom stereocenters. The summed E-state index contributed by atoms with van der Waals surface area (Å²) < 4.78 is 5.65. The molecule has 4 nitrogen and oxygen atoms in total. The third kappa shape index (κ3) is 3.69. The zero-order chi connectivity index (χ0) is 16.4. The van der Waals surface area contributed by atoms with Crippen molar-refractivity contribution in [1.29, 1.82) is 0 Å². The minimum absolute atomic E-state index is 0.174. The summed E-state index contributed by atoms with van der Waals surface area (Å²) >= 11 is 0. The highest BCUT2D eigenvalue weighted by Crippen LogP contribution is 2.36. The number of rotatable bonds is 1. The number of aryl methyl sites for hydroxylation is 1. The minimum Gasteiger partial charge on any atom is -0.444 e. The molecule has 1 N–H and O–H groups in total. The Kier molecular flexibility index (Phi) is 4.62. The van der Waals surface area contributed by atoms with E-state index in [1.165, 1.54) is 17.5 Å². The first-order chi connectivity index (χ1) is 11.0. The zero-order valence-corrected chi connectivity index (χ0v) is 14.5. The number of hydrogen-bond acceptors (Lipinski definition) is 3. The van der Waals surface area contributed by atoms with Crippen LogP contribution in [0.25, 0.3) is 0 Å². The fourth-order valence-corrected chi connectivity index (χ4v) is 3.82. The van der Waals surface area contributed by atoms with Crippen molar-refractivity contribution in [2.24, 2.45) is 0 Å². The van der Waals surface area contributed by atoms with E-state index in [0.717, 1.165) is 32.5 Å². The summed E-state index contributed by atoms with van der Waals surface area (Å²) in [6.45, 7) is 8.19. The van der Waals surface area contributed by atoms with Crippen LogP contribution in [0.3, 0.4) is 0 Å². The van der Waals surface area contributed by atoms with Crippen molar-refractivity contribution in [2.45, 2.75) is 57.6 Å². The highest BCUT2D eigenvalue weighted by atomic mass is 16.6. The van der Waals surface area contributed by atoms with E-state index in [1.54, 1.807) is 0 Å². The molecule has 1 aliphatic heterocycles. The second-order valence-corrected chi connectivity index (χ2v) is 7.64. The highest BCUT2D eigenvalue weighted by Gasteiger charge is 2.37. The molecular formula is C19H28N2O2. The van der Waals surface area contributed by atoms with Gasteiger partial charge in [-0.25, -0.2) is 4.79 Å². The molecule has 1 saturated heterocycles. The van der Waals surface area contributed by atoms with E-state index in [1.807, 2.05) is 25.7 Å². The number of ether oxygens (including phenoxy) is 1. The van der Waals surface area contributed by atoms with Gasteiger partial charge in [0.05, 0.1) is 6.04 Å². The van der Waals surface area contributed by atoms with Crippen LogP contribution in [0.4, 0.5) is 4.79 Å². The minimum atomic E-state index is -0.447. The van der Waals surface area contributed by atoms with Crippen LogP contribution in [0.2, 0.25) is 0 Å². The van der Waals surface area contributed by atoms with Gasteiger partial charge in [-0.3, -0.25) is 0 Å². The van der Waals surface area contributed by atoms with Crippen molar-refractivity contribution in [1.82, 2.24) is 10.2 Å². The van der Waals surface area contributed by atoms with Crippen molar-refractivity contribution >= 4 is 6.09 Å². The van der Waals surface area contributed by atoms with Gasteiger partial charge >= 0.3 is 6.09 Å². The monoisotopic (exact) mass is 316 g/mol. The van der Waals surface area contributed by atoms with Crippen molar-refractivity contribution in [3.05, 3.63) is 35.4 Å². The maximum Gasteiger partial charge on any atom is 0.410 e. The Labute approximate surface area is 139 Å². The zero-order valence-electron chi connectivity index (χ0n) is 14.5. The molecule has 3 rings (SSSR count). The number of amides is 1. The average molecular weight is 316 g/mol. The van der Waals surface area contributed by atoms with Crippen molar-refractivity contribution < 1.29 is 9.53 Å². The smallest absolute Gasteiger partial charge is 0.410 e. The number of piperazine rings is 1. The summed E-state index contributed by atoms with van der Waals surface area (Å²) in [6.07, 6.45) is 3.31.